The smallest absolute Gasteiger partial charge is 0.125 e. The highest BCUT2D eigenvalue weighted by atomic mass is 15.1. The lowest BCUT2D eigenvalue weighted by molar-refractivity contribution is 0.447. The molecule has 0 saturated carbocycles. The molecule has 1 unspecified atom stereocenters. The van der Waals surface area contributed by atoms with Gasteiger partial charge in [-0.2, -0.15) is 0 Å². The van der Waals surface area contributed by atoms with Gasteiger partial charge in [0.2, 0.25) is 0 Å². The Labute approximate surface area is 102 Å². The molecular weight excluding hydrogens is 174 g/mol. The molecule has 2 rings (SSSR count). The number of hydrogen-bond acceptors (Lipinski definition) is 3. The van der Waals surface area contributed by atoms with Crippen LogP contribution in [0.5, 0.6) is 0 Å². The highest BCUT2D eigenvalue weighted by Gasteiger charge is 2.16. The van der Waals surface area contributed by atoms with Crippen LogP contribution in [0.2, 0.25) is 0 Å². The van der Waals surface area contributed by atoms with Crippen molar-refractivity contribution in [1.29, 1.82) is 0 Å². The fourth-order valence-corrected chi connectivity index (χ4v) is 1.02. The molecule has 0 radical (unpaired) electrons. The average Bonchev–Trinajstić information content (AvgIpc) is 2.42. The normalized spacial score (nSPS) is 55.6. The zero-order chi connectivity index (χ0) is 20.6. The van der Waals surface area contributed by atoms with Crippen LogP contribution in [0.4, 0.5) is 11.5 Å². The Morgan fingerprint density at radius 3 is 3.57 bits per heavy atom. The van der Waals surface area contributed by atoms with E-state index in [1.807, 2.05) is 0 Å². The summed E-state index contributed by atoms with van der Waals surface area (Å²) >= 11 is 0. The molecule has 1 aromatic heterocycles. The van der Waals surface area contributed by atoms with Crippen LogP contribution in [-0.2, 0) is 0 Å². The van der Waals surface area contributed by atoms with Gasteiger partial charge in [-0.1, -0.05) is 6.85 Å². The summed E-state index contributed by atoms with van der Waals surface area (Å²) in [5.74, 6) is -3.84. The minimum absolute atomic E-state index is 0.124. The summed E-state index contributed by atoms with van der Waals surface area (Å²) in [5, 5.41) is 0. The number of hydrogen-bond donors (Lipinski definition) is 1. The van der Waals surface area contributed by atoms with Crippen molar-refractivity contribution in [3.8, 4) is 0 Å². The van der Waals surface area contributed by atoms with Crippen molar-refractivity contribution >= 4 is 11.5 Å². The predicted molar refractivity (Wildman–Crippen MR) is 59.3 cm³/mol. The van der Waals surface area contributed by atoms with E-state index >= 15 is 0 Å². The first-order valence-corrected chi connectivity index (χ1v) is 3.89. The molecule has 2 heterocycles. The highest BCUT2D eigenvalue weighted by molar-refractivity contribution is 5.52. The number of nitrogens with zero attached hydrogens (tertiary/aromatic N) is 2. The number of pyridine rings is 1. The maximum Gasteiger partial charge on any atom is 0.125 e. The first kappa shape index (κ1) is 2.65. The van der Waals surface area contributed by atoms with Gasteiger partial charge in [0.15, 0.2) is 0 Å². The lowest BCUT2D eigenvalue weighted by Crippen LogP contribution is -2.34. The molecule has 2 N–H and O–H groups in total. The minimum atomic E-state index is -3.71. The number of nitrogen functional groups attached to an aromatic ring is 1. The molecule has 1 atom stereocenters. The van der Waals surface area contributed by atoms with E-state index in [1.54, 1.807) is 0 Å². The second kappa shape index (κ2) is 3.86. The molecule has 1 aliphatic rings. The zero-order valence-corrected chi connectivity index (χ0v) is 7.20. The fourth-order valence-electron chi connectivity index (χ4n) is 1.02. The van der Waals surface area contributed by atoms with E-state index in [0.717, 1.165) is 18.3 Å². The Bertz CT molecular complexity index is 715. The Balaban J connectivity index is 2.93. The number of anilines is 2. The maximum absolute atomic E-state index is 8.24. The highest BCUT2D eigenvalue weighted by Crippen LogP contribution is 2.23. The van der Waals surface area contributed by atoms with E-state index in [9.17, 15) is 0 Å². The molecule has 1 aromatic rings. The van der Waals surface area contributed by atoms with Gasteiger partial charge in [-0.3, -0.25) is 0 Å². The zero-order valence-electron chi connectivity index (χ0n) is 19.2. The van der Waals surface area contributed by atoms with Gasteiger partial charge in [0.1, 0.15) is 5.82 Å². The summed E-state index contributed by atoms with van der Waals surface area (Å²) < 4.78 is 95.4. The summed E-state index contributed by atoms with van der Waals surface area (Å²) in [6, 6.07) is 2.06. The van der Waals surface area contributed by atoms with E-state index in [-0.39, 0.29) is 16.4 Å². The summed E-state index contributed by atoms with van der Waals surface area (Å²) in [6.45, 7) is -10.5. The quantitative estimate of drug-likeness (QED) is 0.758. The second-order valence-electron chi connectivity index (χ2n) is 2.62. The van der Waals surface area contributed by atoms with Gasteiger partial charge in [-0.25, -0.2) is 4.98 Å². The minimum Gasteiger partial charge on any atom is -0.384 e. The van der Waals surface area contributed by atoms with Crippen LogP contribution in [0, 0.1) is 5.89 Å². The molecule has 0 bridgehead atoms. The molecule has 3 nitrogen and oxygen atoms in total. The van der Waals surface area contributed by atoms with Gasteiger partial charge in [0.25, 0.3) is 0 Å². The molecule has 0 amide bonds. The van der Waals surface area contributed by atoms with Crippen LogP contribution in [0.1, 0.15) is 36.0 Å². The number of rotatable bonds is 1. The number of aromatic nitrogens is 1. The average molecular weight is 203 g/mol. The molecule has 1 saturated heterocycles. The lowest BCUT2D eigenvalue weighted by atomic mass is 10.00. The SMILES string of the molecule is [2H]C([2H])([2H])C1([2H])C([2H])([2H])N(c2ccnc(N)c2)C([2H])([2H])C([2H])([2H])C1([2H])[2H]. The fraction of sp³-hybridized carbons (Fsp3) is 0.545. The molecule has 0 aromatic carbocycles. The maximum atomic E-state index is 8.24. The summed E-state index contributed by atoms with van der Waals surface area (Å²) in [7, 11) is 0. The molecule has 1 fully saturated rings. The van der Waals surface area contributed by atoms with Crippen molar-refractivity contribution in [3.63, 3.8) is 0 Å². The summed E-state index contributed by atoms with van der Waals surface area (Å²) in [6.07, 6.45) is -6.20. The number of piperidine rings is 1. The molecule has 0 aliphatic carbocycles. The van der Waals surface area contributed by atoms with Gasteiger partial charge in [-0.05, 0) is 24.7 Å². The van der Waals surface area contributed by atoms with E-state index < -0.39 is 38.5 Å². The van der Waals surface area contributed by atoms with Crippen molar-refractivity contribution < 1.29 is 16.4 Å². The molecule has 3 heteroatoms. The van der Waals surface area contributed by atoms with Crippen molar-refractivity contribution in [2.45, 2.75) is 19.6 Å². The standard InChI is InChI=1S/C11H17N3/c1-9-3-2-6-14(8-9)10-4-5-13-11(12)7-10/h4-5,7,9H,2-3,6,8H2,1H3,(H2,12,13)/i1D3,2D2,3D2,6D2,8D2,9D. The van der Waals surface area contributed by atoms with E-state index in [2.05, 4.69) is 4.98 Å². The van der Waals surface area contributed by atoms with Crippen LogP contribution in [0.3, 0.4) is 0 Å². The first-order valence-electron chi connectivity index (χ1n) is 9.89. The van der Waals surface area contributed by atoms with Crippen LogP contribution < -0.4 is 10.6 Å². The Kier molecular flexibility index (Phi) is 0.732. The van der Waals surface area contributed by atoms with Gasteiger partial charge in [0, 0.05) is 47.4 Å². The Morgan fingerprint density at radius 1 is 1.86 bits per heavy atom. The Morgan fingerprint density at radius 2 is 2.79 bits per heavy atom. The summed E-state index contributed by atoms with van der Waals surface area (Å²) in [5.41, 5.74) is 5.14. The van der Waals surface area contributed by atoms with E-state index in [1.165, 1.54) is 0 Å². The second-order valence-corrected chi connectivity index (χ2v) is 2.62. The predicted octanol–water partition coefficient (Wildman–Crippen LogP) is 1.90. The molecule has 1 aliphatic heterocycles. The third kappa shape index (κ3) is 1.97. The van der Waals surface area contributed by atoms with E-state index in [0.29, 0.717) is 0 Å². The molecule has 0 spiro atoms. The van der Waals surface area contributed by atoms with Crippen molar-refractivity contribution in [1.82, 2.24) is 4.98 Å². The number of nitrogens with two attached hydrogens (primary N) is 1. The van der Waals surface area contributed by atoms with Crippen LogP contribution in [0.15, 0.2) is 18.3 Å². The monoisotopic (exact) mass is 203 g/mol. The molecule has 76 valence electrons. The molecule has 14 heavy (non-hydrogen) atoms. The largest absolute Gasteiger partial charge is 0.384 e. The van der Waals surface area contributed by atoms with E-state index in [4.69, 9.17) is 22.2 Å². The first-order chi connectivity index (χ1) is 11.4. The Hall–Kier alpha value is -1.25. The topological polar surface area (TPSA) is 42.2 Å². The van der Waals surface area contributed by atoms with Crippen LogP contribution >= 0.6 is 0 Å². The van der Waals surface area contributed by atoms with Crippen molar-refractivity contribution in [2.24, 2.45) is 5.89 Å². The van der Waals surface area contributed by atoms with Crippen molar-refractivity contribution in [3.05, 3.63) is 18.3 Å². The third-order valence-corrected chi connectivity index (χ3v) is 1.60. The van der Waals surface area contributed by atoms with Gasteiger partial charge in [-0.15, -0.1) is 0 Å². The van der Waals surface area contributed by atoms with Gasteiger partial charge in [0.05, 0.1) is 0 Å². The van der Waals surface area contributed by atoms with Gasteiger partial charge < -0.3 is 10.6 Å². The molecular formula is C11H17N3. The lowest BCUT2D eigenvalue weighted by Gasteiger charge is -2.32. The van der Waals surface area contributed by atoms with Crippen molar-refractivity contribution in [2.75, 3.05) is 23.6 Å². The van der Waals surface area contributed by atoms with Crippen LogP contribution in [0.25, 0.3) is 0 Å². The van der Waals surface area contributed by atoms with Crippen LogP contribution in [-0.4, -0.2) is 18.0 Å². The van der Waals surface area contributed by atoms with Gasteiger partial charge >= 0.3 is 0 Å². The third-order valence-electron chi connectivity index (χ3n) is 1.60. The summed E-state index contributed by atoms with van der Waals surface area (Å²) in [4.78, 5) is 3.78.